The van der Waals surface area contributed by atoms with Crippen LogP contribution in [0.15, 0.2) is 0 Å². The molecule has 0 heterocycles. The van der Waals surface area contributed by atoms with E-state index in [2.05, 4.69) is 19.2 Å². The molecule has 3 N–H and O–H groups in total. The van der Waals surface area contributed by atoms with E-state index in [-0.39, 0.29) is 5.92 Å². The third kappa shape index (κ3) is 8.97. The Labute approximate surface area is 95.8 Å². The van der Waals surface area contributed by atoms with Crippen molar-refractivity contribution < 1.29 is 13.2 Å². The topological polar surface area (TPSA) is 38.0 Å². The number of alkyl halides is 3. The third-order valence-electron chi connectivity index (χ3n) is 2.43. The fourth-order valence-corrected chi connectivity index (χ4v) is 1.72. The van der Waals surface area contributed by atoms with Crippen LogP contribution in [0.3, 0.4) is 0 Å². The lowest BCUT2D eigenvalue weighted by Gasteiger charge is -2.21. The zero-order valence-electron chi connectivity index (χ0n) is 10.3. The lowest BCUT2D eigenvalue weighted by atomic mass is 9.97. The Morgan fingerprint density at radius 3 is 2.12 bits per heavy atom. The molecule has 0 saturated heterocycles. The number of rotatable bonds is 7. The van der Waals surface area contributed by atoms with Gasteiger partial charge in [-0.25, -0.2) is 0 Å². The van der Waals surface area contributed by atoms with Crippen molar-refractivity contribution in [3.63, 3.8) is 0 Å². The molecular formula is C11H23F3N2. The fourth-order valence-electron chi connectivity index (χ4n) is 1.72. The van der Waals surface area contributed by atoms with Crippen LogP contribution >= 0.6 is 0 Å². The van der Waals surface area contributed by atoms with Gasteiger partial charge in [0.15, 0.2) is 0 Å². The van der Waals surface area contributed by atoms with Crippen LogP contribution in [0.5, 0.6) is 0 Å². The summed E-state index contributed by atoms with van der Waals surface area (Å²) in [4.78, 5) is 0. The van der Waals surface area contributed by atoms with Gasteiger partial charge >= 0.3 is 6.18 Å². The molecule has 0 aliphatic heterocycles. The first-order valence-electron chi connectivity index (χ1n) is 5.74. The summed E-state index contributed by atoms with van der Waals surface area (Å²) >= 11 is 0. The lowest BCUT2D eigenvalue weighted by Crippen LogP contribution is -2.37. The molecule has 0 fully saturated rings. The molecule has 16 heavy (non-hydrogen) atoms. The highest BCUT2D eigenvalue weighted by Crippen LogP contribution is 2.21. The largest absolute Gasteiger partial charge is 0.390 e. The van der Waals surface area contributed by atoms with Crippen LogP contribution in [0.25, 0.3) is 0 Å². The molecule has 0 amide bonds. The first kappa shape index (κ1) is 15.7. The number of nitrogens with two attached hydrogens (primary N) is 1. The number of hydrogen-bond donors (Lipinski definition) is 2. The van der Waals surface area contributed by atoms with Crippen LogP contribution in [0.2, 0.25) is 0 Å². The average molecular weight is 240 g/mol. The van der Waals surface area contributed by atoms with Crippen LogP contribution in [0, 0.1) is 11.8 Å². The van der Waals surface area contributed by atoms with E-state index < -0.39 is 18.6 Å². The molecule has 5 heteroatoms. The van der Waals surface area contributed by atoms with Crippen molar-refractivity contribution in [3.8, 4) is 0 Å². The Balaban J connectivity index is 3.83. The zero-order chi connectivity index (χ0) is 12.8. The Bertz CT molecular complexity index is 181. The van der Waals surface area contributed by atoms with Crippen LogP contribution in [0.1, 0.15) is 33.6 Å². The van der Waals surface area contributed by atoms with E-state index in [0.717, 1.165) is 6.42 Å². The summed E-state index contributed by atoms with van der Waals surface area (Å²) in [5, 5.41) is 2.90. The Morgan fingerprint density at radius 1 is 1.19 bits per heavy atom. The van der Waals surface area contributed by atoms with Gasteiger partial charge < -0.3 is 11.1 Å². The monoisotopic (exact) mass is 240 g/mol. The van der Waals surface area contributed by atoms with Gasteiger partial charge in [-0.05, 0) is 38.3 Å². The molecule has 0 bridgehead atoms. The summed E-state index contributed by atoms with van der Waals surface area (Å²) < 4.78 is 36.2. The van der Waals surface area contributed by atoms with Crippen LogP contribution in [0.4, 0.5) is 13.2 Å². The normalized spacial score (nSPS) is 16.5. The Morgan fingerprint density at radius 2 is 1.75 bits per heavy atom. The maximum atomic E-state index is 12.1. The molecular weight excluding hydrogens is 217 g/mol. The molecule has 2 unspecified atom stereocenters. The first-order chi connectivity index (χ1) is 7.24. The van der Waals surface area contributed by atoms with Crippen LogP contribution < -0.4 is 11.1 Å². The minimum Gasteiger partial charge on any atom is -0.330 e. The van der Waals surface area contributed by atoms with E-state index in [4.69, 9.17) is 5.73 Å². The second-order valence-electron chi connectivity index (χ2n) is 4.86. The van der Waals surface area contributed by atoms with Gasteiger partial charge in [-0.2, -0.15) is 13.2 Å². The summed E-state index contributed by atoms with van der Waals surface area (Å²) in [6.07, 6.45) is -3.93. The van der Waals surface area contributed by atoms with Crippen molar-refractivity contribution in [2.24, 2.45) is 17.6 Å². The number of nitrogens with one attached hydrogen (secondary N) is 1. The van der Waals surface area contributed by atoms with E-state index in [9.17, 15) is 13.2 Å². The van der Waals surface area contributed by atoms with Crippen molar-refractivity contribution in [2.45, 2.75) is 45.8 Å². The van der Waals surface area contributed by atoms with Gasteiger partial charge in [0.2, 0.25) is 0 Å². The van der Waals surface area contributed by atoms with Crippen molar-refractivity contribution >= 4 is 0 Å². The molecule has 0 spiro atoms. The molecule has 0 aliphatic carbocycles. The van der Waals surface area contributed by atoms with Crippen LogP contribution in [-0.2, 0) is 0 Å². The predicted octanol–water partition coefficient (Wildman–Crippen LogP) is 2.54. The minimum absolute atomic E-state index is 0.260. The van der Waals surface area contributed by atoms with E-state index in [1.165, 1.54) is 0 Å². The molecule has 0 rings (SSSR count). The summed E-state index contributed by atoms with van der Waals surface area (Å²) in [5.74, 6) is 0.781. The van der Waals surface area contributed by atoms with Crippen molar-refractivity contribution in [1.82, 2.24) is 5.32 Å². The zero-order valence-corrected chi connectivity index (χ0v) is 10.3. The summed E-state index contributed by atoms with van der Waals surface area (Å²) in [5.41, 5.74) is 5.57. The van der Waals surface area contributed by atoms with Gasteiger partial charge in [0.05, 0.1) is 6.42 Å². The molecule has 0 aromatic carbocycles. The predicted molar refractivity (Wildman–Crippen MR) is 60.1 cm³/mol. The fraction of sp³-hybridized carbons (Fsp3) is 1.00. The van der Waals surface area contributed by atoms with E-state index in [0.29, 0.717) is 19.0 Å². The standard InChI is InChI=1S/C11H23F3N2/c1-8(2)4-10(6-15)7-16-9(3)5-11(12,13)14/h8-10,16H,4-7,15H2,1-3H3. The Hall–Kier alpha value is -0.290. The number of hydrogen-bond acceptors (Lipinski definition) is 2. The number of halogens is 3. The molecule has 0 radical (unpaired) electrons. The summed E-state index contributed by atoms with van der Waals surface area (Å²) in [6, 6.07) is -0.541. The van der Waals surface area contributed by atoms with E-state index >= 15 is 0 Å². The SMILES string of the molecule is CC(C)CC(CN)CNC(C)CC(F)(F)F. The molecule has 0 aliphatic rings. The summed E-state index contributed by atoms with van der Waals surface area (Å²) in [7, 11) is 0. The highest BCUT2D eigenvalue weighted by molar-refractivity contribution is 4.70. The van der Waals surface area contributed by atoms with E-state index in [1.54, 1.807) is 6.92 Å². The van der Waals surface area contributed by atoms with Gasteiger partial charge in [-0.15, -0.1) is 0 Å². The molecule has 2 atom stereocenters. The quantitative estimate of drug-likeness (QED) is 0.717. The lowest BCUT2D eigenvalue weighted by molar-refractivity contribution is -0.139. The molecule has 98 valence electrons. The maximum Gasteiger partial charge on any atom is 0.390 e. The molecule has 0 saturated carbocycles. The average Bonchev–Trinajstić information content (AvgIpc) is 2.08. The maximum absolute atomic E-state index is 12.1. The van der Waals surface area contributed by atoms with Gasteiger partial charge in [0.25, 0.3) is 0 Å². The Kier molecular flexibility index (Phi) is 6.99. The highest BCUT2D eigenvalue weighted by Gasteiger charge is 2.29. The molecule has 0 aromatic rings. The van der Waals surface area contributed by atoms with Crippen LogP contribution in [-0.4, -0.2) is 25.3 Å². The van der Waals surface area contributed by atoms with Gasteiger partial charge in [-0.1, -0.05) is 13.8 Å². The molecule has 2 nitrogen and oxygen atoms in total. The second-order valence-corrected chi connectivity index (χ2v) is 4.86. The second kappa shape index (κ2) is 7.12. The van der Waals surface area contributed by atoms with Gasteiger partial charge in [0, 0.05) is 6.04 Å². The van der Waals surface area contributed by atoms with Gasteiger partial charge in [0.1, 0.15) is 0 Å². The van der Waals surface area contributed by atoms with Crippen molar-refractivity contribution in [3.05, 3.63) is 0 Å². The smallest absolute Gasteiger partial charge is 0.330 e. The first-order valence-corrected chi connectivity index (χ1v) is 5.74. The van der Waals surface area contributed by atoms with Crippen molar-refractivity contribution in [1.29, 1.82) is 0 Å². The van der Waals surface area contributed by atoms with Crippen molar-refractivity contribution in [2.75, 3.05) is 13.1 Å². The minimum atomic E-state index is -4.09. The highest BCUT2D eigenvalue weighted by atomic mass is 19.4. The third-order valence-corrected chi connectivity index (χ3v) is 2.43. The van der Waals surface area contributed by atoms with Gasteiger partial charge in [-0.3, -0.25) is 0 Å². The summed E-state index contributed by atoms with van der Waals surface area (Å²) in [6.45, 7) is 6.80. The van der Waals surface area contributed by atoms with E-state index in [1.807, 2.05) is 0 Å². The molecule has 0 aromatic heterocycles.